The molecule has 1 aliphatic heterocycles. The summed E-state index contributed by atoms with van der Waals surface area (Å²) in [6, 6.07) is 13.2. The van der Waals surface area contributed by atoms with Crippen LogP contribution in [0.15, 0.2) is 57.5 Å². The van der Waals surface area contributed by atoms with E-state index >= 15 is 0 Å². The predicted molar refractivity (Wildman–Crippen MR) is 107 cm³/mol. The Bertz CT molecular complexity index is 1010. The van der Waals surface area contributed by atoms with Gasteiger partial charge in [0, 0.05) is 14.7 Å². The van der Waals surface area contributed by atoms with Gasteiger partial charge in [0.1, 0.15) is 23.2 Å². The van der Waals surface area contributed by atoms with Crippen LogP contribution in [0.2, 0.25) is 0 Å². The maximum Gasteiger partial charge on any atom is 0.271 e. The summed E-state index contributed by atoms with van der Waals surface area (Å²) < 4.78 is 6.92. The normalized spacial score (nSPS) is 16.2. The zero-order chi connectivity index (χ0) is 19.6. The summed E-state index contributed by atoms with van der Waals surface area (Å²) in [4.78, 5) is 25.8. The molecule has 1 aliphatic rings. The number of nitriles is 1. The number of amides is 2. The van der Waals surface area contributed by atoms with Gasteiger partial charge < -0.3 is 9.52 Å². The summed E-state index contributed by atoms with van der Waals surface area (Å²) in [5, 5.41) is 18.4. The molecule has 3 rings (SSSR count). The molecule has 0 unspecified atom stereocenters. The number of aliphatic hydroxyl groups excluding tert-OH is 1. The maximum atomic E-state index is 12.7. The van der Waals surface area contributed by atoms with E-state index in [0.717, 1.165) is 14.0 Å². The summed E-state index contributed by atoms with van der Waals surface area (Å²) >= 11 is 2.22. The van der Waals surface area contributed by atoms with Crippen LogP contribution in [0.1, 0.15) is 12.7 Å². The second-order valence-electron chi connectivity index (χ2n) is 5.86. The molecule has 1 N–H and O–H groups in total. The molecular formula is C20H15IN2O4. The van der Waals surface area contributed by atoms with E-state index in [1.807, 2.05) is 30.3 Å². The summed E-state index contributed by atoms with van der Waals surface area (Å²) in [7, 11) is 0. The highest BCUT2D eigenvalue weighted by molar-refractivity contribution is 14.1. The minimum absolute atomic E-state index is 0.112. The summed E-state index contributed by atoms with van der Waals surface area (Å²) in [6.07, 6.45) is 1.52. The Kier molecular flexibility index (Phi) is 5.58. The molecule has 2 heterocycles. The Morgan fingerprint density at radius 1 is 1.19 bits per heavy atom. The number of β-amino-alcohol motifs (C(OH)–C–C–N with tert-alkyl or cyclic N) is 1. The number of nitrogens with zero attached hydrogens (tertiary/aromatic N) is 2. The van der Waals surface area contributed by atoms with Crippen molar-refractivity contribution >= 4 is 40.5 Å². The van der Waals surface area contributed by atoms with Gasteiger partial charge in [-0.2, -0.15) is 5.26 Å². The van der Waals surface area contributed by atoms with Crippen LogP contribution in [0.5, 0.6) is 0 Å². The zero-order valence-corrected chi connectivity index (χ0v) is 16.6. The lowest BCUT2D eigenvalue weighted by atomic mass is 9.95. The van der Waals surface area contributed by atoms with Crippen LogP contribution >= 0.6 is 22.6 Å². The van der Waals surface area contributed by atoms with Gasteiger partial charge in [-0.05, 0) is 65.4 Å². The van der Waals surface area contributed by atoms with Gasteiger partial charge in [0.25, 0.3) is 11.8 Å². The SMILES string of the molecule is CC1=C(C#N)C(=O)N(CCO)C(=O)/C1=C/c1ccc(-c2ccc(I)cc2)o1. The molecule has 6 nitrogen and oxygen atoms in total. The van der Waals surface area contributed by atoms with Crippen LogP contribution in [0, 0.1) is 14.9 Å². The first-order chi connectivity index (χ1) is 13.0. The fourth-order valence-corrected chi connectivity index (χ4v) is 3.13. The first-order valence-corrected chi connectivity index (χ1v) is 9.20. The Morgan fingerprint density at radius 3 is 2.52 bits per heavy atom. The van der Waals surface area contributed by atoms with Gasteiger partial charge in [0.2, 0.25) is 0 Å². The highest BCUT2D eigenvalue weighted by Gasteiger charge is 2.35. The largest absolute Gasteiger partial charge is 0.457 e. The van der Waals surface area contributed by atoms with Crippen molar-refractivity contribution in [3.8, 4) is 17.4 Å². The van der Waals surface area contributed by atoms with Gasteiger partial charge in [0.05, 0.1) is 13.2 Å². The molecule has 0 fully saturated rings. The van der Waals surface area contributed by atoms with Gasteiger partial charge in [0.15, 0.2) is 0 Å². The van der Waals surface area contributed by atoms with Crippen LogP contribution in [0.4, 0.5) is 0 Å². The quantitative estimate of drug-likeness (QED) is 0.418. The number of imide groups is 1. The minimum atomic E-state index is -0.690. The maximum absolute atomic E-state index is 12.7. The number of hydrogen-bond acceptors (Lipinski definition) is 5. The lowest BCUT2D eigenvalue weighted by molar-refractivity contribution is -0.140. The molecule has 2 amide bonds. The van der Waals surface area contributed by atoms with Crippen molar-refractivity contribution in [1.29, 1.82) is 5.26 Å². The molecule has 27 heavy (non-hydrogen) atoms. The number of halogens is 1. The molecular weight excluding hydrogens is 459 g/mol. The molecule has 0 radical (unpaired) electrons. The molecule has 7 heteroatoms. The Hall–Kier alpha value is -2.70. The number of rotatable bonds is 4. The molecule has 0 bridgehead atoms. The van der Waals surface area contributed by atoms with E-state index < -0.39 is 11.8 Å². The number of benzene rings is 1. The van der Waals surface area contributed by atoms with E-state index in [1.165, 1.54) is 6.08 Å². The molecule has 0 atom stereocenters. The number of furan rings is 1. The number of carbonyl (C=O) groups is 2. The van der Waals surface area contributed by atoms with Gasteiger partial charge >= 0.3 is 0 Å². The fraction of sp³-hybridized carbons (Fsp3) is 0.150. The molecule has 1 aromatic heterocycles. The van der Waals surface area contributed by atoms with Gasteiger partial charge in [-0.15, -0.1) is 0 Å². The van der Waals surface area contributed by atoms with Crippen LogP contribution in [-0.4, -0.2) is 35.0 Å². The van der Waals surface area contributed by atoms with E-state index in [2.05, 4.69) is 22.6 Å². The molecule has 0 saturated carbocycles. The second-order valence-corrected chi connectivity index (χ2v) is 7.11. The smallest absolute Gasteiger partial charge is 0.271 e. The standard InChI is InChI=1S/C20H15IN2O4/c1-12-16(19(25)23(8-9-24)20(26)17(12)11-22)10-15-6-7-18(27-15)13-2-4-14(21)5-3-13/h2-7,10,24H,8-9H2,1H3/b16-10+. The fourth-order valence-electron chi connectivity index (χ4n) is 2.77. The van der Waals surface area contributed by atoms with E-state index in [9.17, 15) is 14.9 Å². The summed E-state index contributed by atoms with van der Waals surface area (Å²) in [6.45, 7) is 1.01. The third kappa shape index (κ3) is 3.72. The monoisotopic (exact) mass is 474 g/mol. The molecule has 0 spiro atoms. The zero-order valence-electron chi connectivity index (χ0n) is 14.4. The molecule has 0 aliphatic carbocycles. The van der Waals surface area contributed by atoms with E-state index in [4.69, 9.17) is 9.52 Å². The predicted octanol–water partition coefficient (Wildman–Crippen LogP) is 3.14. The van der Waals surface area contributed by atoms with Gasteiger partial charge in [-0.25, -0.2) is 0 Å². The van der Waals surface area contributed by atoms with Crippen molar-refractivity contribution < 1.29 is 19.1 Å². The first kappa shape index (κ1) is 19.1. The van der Waals surface area contributed by atoms with Gasteiger partial charge in [-0.1, -0.05) is 12.1 Å². The minimum Gasteiger partial charge on any atom is -0.457 e. The van der Waals surface area contributed by atoms with Crippen LogP contribution in [0.3, 0.4) is 0 Å². The van der Waals surface area contributed by atoms with E-state index in [0.29, 0.717) is 17.1 Å². The lowest BCUT2D eigenvalue weighted by Crippen LogP contribution is -2.44. The van der Waals surface area contributed by atoms with E-state index in [1.54, 1.807) is 19.1 Å². The Labute approximate surface area is 169 Å². The third-order valence-electron chi connectivity index (χ3n) is 4.19. The lowest BCUT2D eigenvalue weighted by Gasteiger charge is -2.26. The van der Waals surface area contributed by atoms with Crippen LogP contribution in [-0.2, 0) is 9.59 Å². The molecule has 2 aromatic rings. The average Bonchev–Trinajstić information content (AvgIpc) is 3.12. The number of aliphatic hydroxyl groups is 1. The highest BCUT2D eigenvalue weighted by Crippen LogP contribution is 2.29. The first-order valence-electron chi connectivity index (χ1n) is 8.12. The molecule has 136 valence electrons. The average molecular weight is 474 g/mol. The Morgan fingerprint density at radius 2 is 1.89 bits per heavy atom. The van der Waals surface area contributed by atoms with Crippen LogP contribution < -0.4 is 0 Å². The molecule has 0 saturated heterocycles. The Balaban J connectivity index is 2.01. The van der Waals surface area contributed by atoms with Crippen LogP contribution in [0.25, 0.3) is 17.4 Å². The topological polar surface area (TPSA) is 94.5 Å². The summed E-state index contributed by atoms with van der Waals surface area (Å²) in [5.41, 5.74) is 1.29. The van der Waals surface area contributed by atoms with Crippen molar-refractivity contribution in [2.75, 3.05) is 13.2 Å². The number of carbonyl (C=O) groups excluding carboxylic acids is 2. The van der Waals surface area contributed by atoms with Crippen molar-refractivity contribution in [2.45, 2.75) is 6.92 Å². The summed E-state index contributed by atoms with van der Waals surface area (Å²) in [5.74, 6) is -0.170. The number of hydrogen-bond donors (Lipinski definition) is 1. The van der Waals surface area contributed by atoms with Gasteiger partial charge in [-0.3, -0.25) is 14.5 Å². The molecule has 1 aromatic carbocycles. The third-order valence-corrected chi connectivity index (χ3v) is 4.91. The highest BCUT2D eigenvalue weighted by atomic mass is 127. The van der Waals surface area contributed by atoms with Crippen molar-refractivity contribution in [3.63, 3.8) is 0 Å². The van der Waals surface area contributed by atoms with Crippen molar-refractivity contribution in [3.05, 3.63) is 62.4 Å². The second kappa shape index (κ2) is 7.90. The van der Waals surface area contributed by atoms with E-state index in [-0.39, 0.29) is 24.3 Å². The van der Waals surface area contributed by atoms with Crippen molar-refractivity contribution in [2.24, 2.45) is 0 Å². The van der Waals surface area contributed by atoms with Crippen molar-refractivity contribution in [1.82, 2.24) is 4.90 Å².